The SMILES string of the molecule is CC(C)(C)[C@H](NC(=O)c1nn(Cc2ccc(C#N)cc2F)c2c(F)c(F)ccc12)C(=O)NCc1nnc(C(N)=O)o1. The summed E-state index contributed by atoms with van der Waals surface area (Å²) in [6.07, 6.45) is 0. The fraction of sp³-hybridized carbons (Fsp3) is 0.269. The van der Waals surface area contributed by atoms with Crippen LogP contribution < -0.4 is 16.4 Å². The second-order valence-corrected chi connectivity index (χ2v) is 10.0. The third kappa shape index (κ3) is 6.01. The van der Waals surface area contributed by atoms with Crippen molar-refractivity contribution in [1.29, 1.82) is 5.26 Å². The van der Waals surface area contributed by atoms with Crippen LogP contribution >= 0.6 is 0 Å². The Morgan fingerprint density at radius 2 is 1.85 bits per heavy atom. The number of fused-ring (bicyclic) bond motifs is 1. The van der Waals surface area contributed by atoms with Crippen molar-refractivity contribution in [2.45, 2.75) is 39.9 Å². The Hall–Kier alpha value is -5.26. The number of carbonyl (C=O) groups excluding carboxylic acids is 3. The highest BCUT2D eigenvalue weighted by Gasteiger charge is 2.34. The molecule has 4 N–H and O–H groups in total. The van der Waals surface area contributed by atoms with Gasteiger partial charge in [0.2, 0.25) is 11.8 Å². The highest BCUT2D eigenvalue weighted by atomic mass is 19.2. The summed E-state index contributed by atoms with van der Waals surface area (Å²) >= 11 is 0. The number of benzene rings is 2. The van der Waals surface area contributed by atoms with Gasteiger partial charge >= 0.3 is 11.8 Å². The molecule has 212 valence electrons. The molecule has 0 aliphatic carbocycles. The van der Waals surface area contributed by atoms with Crippen molar-refractivity contribution < 1.29 is 32.0 Å². The lowest BCUT2D eigenvalue weighted by Gasteiger charge is -2.30. The normalized spacial score (nSPS) is 12.1. The minimum Gasteiger partial charge on any atom is -0.415 e. The number of nitrogens with two attached hydrogens (primary N) is 1. The van der Waals surface area contributed by atoms with Gasteiger partial charge in [-0.2, -0.15) is 10.4 Å². The summed E-state index contributed by atoms with van der Waals surface area (Å²) in [7, 11) is 0. The van der Waals surface area contributed by atoms with Crippen molar-refractivity contribution in [3.8, 4) is 6.07 Å². The molecule has 0 unspecified atom stereocenters. The van der Waals surface area contributed by atoms with Gasteiger partial charge in [-0.3, -0.25) is 19.1 Å². The van der Waals surface area contributed by atoms with Crippen molar-refractivity contribution in [2.24, 2.45) is 11.1 Å². The first-order chi connectivity index (χ1) is 19.3. The van der Waals surface area contributed by atoms with Crippen LogP contribution in [0, 0.1) is 34.2 Å². The number of nitriles is 1. The standard InChI is InChI=1S/C26H23F3N8O4/c1-26(2,3)21(24(40)32-10-17-34-35-25(41-17)22(31)38)33-23(39)19-14-6-7-15(27)18(29)20(14)37(36-19)11-13-5-4-12(9-30)8-16(13)28/h4-8,21H,10-11H2,1-3H3,(H2,31,38)(H,32,40)(H,33,39)/t21-/m1/s1. The molecule has 0 saturated carbocycles. The van der Waals surface area contributed by atoms with Gasteiger partial charge in [-0.1, -0.05) is 26.8 Å². The number of carbonyl (C=O) groups is 3. The average molecular weight is 569 g/mol. The van der Waals surface area contributed by atoms with Gasteiger partial charge in [-0.15, -0.1) is 10.2 Å². The zero-order chi connectivity index (χ0) is 30.1. The van der Waals surface area contributed by atoms with Crippen LogP contribution in [-0.4, -0.2) is 43.7 Å². The van der Waals surface area contributed by atoms with Crippen LogP contribution in [-0.2, 0) is 17.9 Å². The quantitative estimate of drug-likeness (QED) is 0.289. The van der Waals surface area contributed by atoms with Gasteiger partial charge in [0, 0.05) is 10.9 Å². The molecule has 2 aromatic heterocycles. The molecule has 15 heteroatoms. The van der Waals surface area contributed by atoms with Crippen molar-refractivity contribution in [3.63, 3.8) is 0 Å². The van der Waals surface area contributed by atoms with Crippen LogP contribution in [0.3, 0.4) is 0 Å². The first-order valence-electron chi connectivity index (χ1n) is 12.0. The maximum atomic E-state index is 14.9. The summed E-state index contributed by atoms with van der Waals surface area (Å²) in [5.41, 5.74) is 3.56. The van der Waals surface area contributed by atoms with E-state index in [2.05, 4.69) is 25.9 Å². The van der Waals surface area contributed by atoms with Gasteiger partial charge in [-0.25, -0.2) is 13.2 Å². The van der Waals surface area contributed by atoms with Gasteiger partial charge in [-0.05, 0) is 29.7 Å². The predicted molar refractivity (Wildman–Crippen MR) is 135 cm³/mol. The molecule has 1 atom stereocenters. The highest BCUT2D eigenvalue weighted by Crippen LogP contribution is 2.27. The Balaban J connectivity index is 1.63. The molecular weight excluding hydrogens is 545 g/mol. The Bertz CT molecular complexity index is 1720. The molecule has 0 spiro atoms. The average Bonchev–Trinajstić information content (AvgIpc) is 3.54. The van der Waals surface area contributed by atoms with Crippen molar-refractivity contribution in [2.75, 3.05) is 0 Å². The molecule has 4 rings (SSSR count). The van der Waals surface area contributed by atoms with Crippen molar-refractivity contribution >= 4 is 28.6 Å². The molecule has 0 fully saturated rings. The van der Waals surface area contributed by atoms with Crippen LogP contribution in [0.5, 0.6) is 0 Å². The van der Waals surface area contributed by atoms with Crippen LogP contribution in [0.1, 0.15) is 59.0 Å². The molecule has 41 heavy (non-hydrogen) atoms. The number of nitrogens with one attached hydrogen (secondary N) is 2. The first kappa shape index (κ1) is 28.7. The maximum Gasteiger partial charge on any atom is 0.306 e. The Labute approximate surface area is 230 Å². The molecule has 2 heterocycles. The molecule has 0 aliphatic heterocycles. The summed E-state index contributed by atoms with van der Waals surface area (Å²) in [5, 5.41) is 25.2. The van der Waals surface area contributed by atoms with Gasteiger partial charge in [0.05, 0.1) is 24.7 Å². The minimum atomic E-state index is -1.30. The predicted octanol–water partition coefficient (Wildman–Crippen LogP) is 2.32. The van der Waals surface area contributed by atoms with Crippen molar-refractivity contribution in [3.05, 3.63) is 76.4 Å². The zero-order valence-electron chi connectivity index (χ0n) is 22.0. The molecule has 0 aliphatic rings. The number of primary amides is 1. The smallest absolute Gasteiger partial charge is 0.306 e. The van der Waals surface area contributed by atoms with Crippen LogP contribution in [0.2, 0.25) is 0 Å². The number of hydrogen-bond donors (Lipinski definition) is 3. The van der Waals surface area contributed by atoms with Crippen molar-refractivity contribution in [1.82, 2.24) is 30.6 Å². The second kappa shape index (κ2) is 11.1. The fourth-order valence-electron chi connectivity index (χ4n) is 3.96. The number of rotatable bonds is 8. The van der Waals surface area contributed by atoms with Gasteiger partial charge in [0.25, 0.3) is 5.91 Å². The molecule has 2 aromatic carbocycles. The molecule has 0 bridgehead atoms. The van der Waals surface area contributed by atoms with Gasteiger partial charge < -0.3 is 20.8 Å². The molecule has 0 radical (unpaired) electrons. The van der Waals surface area contributed by atoms with E-state index in [0.717, 1.165) is 22.9 Å². The van der Waals surface area contributed by atoms with Crippen LogP contribution in [0.15, 0.2) is 34.7 Å². The largest absolute Gasteiger partial charge is 0.415 e. The van der Waals surface area contributed by atoms with Gasteiger partial charge in [0.1, 0.15) is 17.4 Å². The lowest BCUT2D eigenvalue weighted by molar-refractivity contribution is -0.125. The van der Waals surface area contributed by atoms with E-state index < -0.39 is 58.0 Å². The maximum absolute atomic E-state index is 14.9. The zero-order valence-corrected chi connectivity index (χ0v) is 22.0. The van der Waals surface area contributed by atoms with E-state index >= 15 is 0 Å². The van der Waals surface area contributed by atoms with Gasteiger partial charge in [0.15, 0.2) is 17.3 Å². The molecule has 3 amide bonds. The number of aromatic nitrogens is 4. The number of hydrogen-bond acceptors (Lipinski definition) is 8. The Kier molecular flexibility index (Phi) is 7.77. The Morgan fingerprint density at radius 1 is 1.12 bits per heavy atom. The lowest BCUT2D eigenvalue weighted by atomic mass is 9.86. The topological polar surface area (TPSA) is 182 Å². The molecular formula is C26H23F3N8O4. The number of amides is 3. The van der Waals surface area contributed by atoms with E-state index in [-0.39, 0.29) is 41.2 Å². The molecule has 4 aromatic rings. The summed E-state index contributed by atoms with van der Waals surface area (Å²) in [6.45, 7) is 4.36. The third-order valence-corrected chi connectivity index (χ3v) is 6.02. The van der Waals surface area contributed by atoms with E-state index in [1.54, 1.807) is 26.8 Å². The van der Waals surface area contributed by atoms with E-state index in [1.165, 1.54) is 12.1 Å². The molecule has 12 nitrogen and oxygen atoms in total. The monoisotopic (exact) mass is 568 g/mol. The number of halogens is 3. The second-order valence-electron chi connectivity index (χ2n) is 10.0. The van der Waals surface area contributed by atoms with Crippen LogP contribution in [0.4, 0.5) is 13.2 Å². The lowest BCUT2D eigenvalue weighted by Crippen LogP contribution is -2.53. The first-order valence-corrected chi connectivity index (χ1v) is 12.0. The summed E-state index contributed by atoms with van der Waals surface area (Å²) in [4.78, 5) is 37.6. The van der Waals surface area contributed by atoms with E-state index in [4.69, 9.17) is 15.4 Å². The minimum absolute atomic E-state index is 0.0106. The Morgan fingerprint density at radius 3 is 2.46 bits per heavy atom. The summed E-state index contributed by atoms with van der Waals surface area (Å²) in [6, 6.07) is 6.24. The highest BCUT2D eigenvalue weighted by molar-refractivity contribution is 6.06. The van der Waals surface area contributed by atoms with Crippen LogP contribution in [0.25, 0.3) is 10.9 Å². The number of nitrogens with zero attached hydrogens (tertiary/aromatic N) is 5. The summed E-state index contributed by atoms with van der Waals surface area (Å²) in [5.74, 6) is -6.33. The summed E-state index contributed by atoms with van der Waals surface area (Å²) < 4.78 is 49.7. The van der Waals surface area contributed by atoms with E-state index in [0.29, 0.717) is 0 Å². The van der Waals surface area contributed by atoms with E-state index in [9.17, 15) is 27.6 Å². The third-order valence-electron chi connectivity index (χ3n) is 6.02. The molecule has 0 saturated heterocycles. The fourth-order valence-corrected chi connectivity index (χ4v) is 3.96. The van der Waals surface area contributed by atoms with E-state index in [1.807, 2.05) is 0 Å².